The summed E-state index contributed by atoms with van der Waals surface area (Å²) in [6.07, 6.45) is 46.0. The van der Waals surface area contributed by atoms with Gasteiger partial charge in [0.2, 0.25) is 0 Å². The maximum atomic E-state index is 13.1. The van der Waals surface area contributed by atoms with Crippen LogP contribution >= 0.6 is 0 Å². The molecule has 0 aromatic carbocycles. The molecule has 406 valence electrons. The number of esters is 3. The van der Waals surface area contributed by atoms with Crippen molar-refractivity contribution in [1.29, 1.82) is 0 Å². The number of unbranched alkanes of at least 4 members (excludes halogenated alkanes) is 20. The van der Waals surface area contributed by atoms with E-state index in [0.717, 1.165) is 103 Å². The van der Waals surface area contributed by atoms with Crippen molar-refractivity contribution in [1.82, 2.24) is 0 Å². The van der Waals surface area contributed by atoms with Gasteiger partial charge in [-0.05, 0) is 83.5 Å². The zero-order chi connectivity index (χ0) is 51.8. The van der Waals surface area contributed by atoms with E-state index in [4.69, 9.17) is 23.7 Å². The van der Waals surface area contributed by atoms with Crippen molar-refractivity contribution < 1.29 is 58.2 Å². The summed E-state index contributed by atoms with van der Waals surface area (Å²) in [7, 11) is 0. The molecular weight excluding hydrogens is 901 g/mol. The van der Waals surface area contributed by atoms with Gasteiger partial charge in [-0.3, -0.25) is 14.4 Å². The molecular formula is C59H98O12. The molecule has 1 aliphatic heterocycles. The first-order chi connectivity index (χ1) is 34.6. The average Bonchev–Trinajstić information content (AvgIpc) is 3.35. The van der Waals surface area contributed by atoms with Crippen molar-refractivity contribution in [3.05, 3.63) is 72.9 Å². The summed E-state index contributed by atoms with van der Waals surface area (Å²) in [6, 6.07) is 0. The highest BCUT2D eigenvalue weighted by molar-refractivity contribution is 5.74. The van der Waals surface area contributed by atoms with E-state index < -0.39 is 67.3 Å². The van der Waals surface area contributed by atoms with E-state index in [1.54, 1.807) is 0 Å². The minimum atomic E-state index is -1.91. The van der Waals surface area contributed by atoms with Gasteiger partial charge in [0.25, 0.3) is 0 Å². The lowest BCUT2D eigenvalue weighted by molar-refractivity contribution is -0.301. The van der Waals surface area contributed by atoms with Crippen molar-refractivity contribution in [2.75, 3.05) is 13.2 Å². The Morgan fingerprint density at radius 1 is 0.479 bits per heavy atom. The Balaban J connectivity index is 2.74. The van der Waals surface area contributed by atoms with Crippen LogP contribution in [0, 0.1) is 0 Å². The third-order valence-electron chi connectivity index (χ3n) is 12.3. The molecule has 1 fully saturated rings. The Bertz CT molecular complexity index is 1510. The van der Waals surface area contributed by atoms with Crippen LogP contribution in [0.15, 0.2) is 72.9 Å². The van der Waals surface area contributed by atoms with E-state index in [1.165, 1.54) is 64.2 Å². The fraction of sp³-hybridized carbons (Fsp3) is 0.729. The van der Waals surface area contributed by atoms with E-state index in [2.05, 4.69) is 93.7 Å². The molecule has 12 nitrogen and oxygen atoms in total. The van der Waals surface area contributed by atoms with Gasteiger partial charge in [-0.25, -0.2) is 4.79 Å². The third kappa shape index (κ3) is 37.6. The second-order valence-electron chi connectivity index (χ2n) is 18.8. The average molecular weight is 999 g/mol. The van der Waals surface area contributed by atoms with Gasteiger partial charge in [0.15, 0.2) is 24.6 Å². The van der Waals surface area contributed by atoms with E-state index >= 15 is 0 Å². The van der Waals surface area contributed by atoms with Crippen LogP contribution in [0.2, 0.25) is 0 Å². The highest BCUT2D eigenvalue weighted by atomic mass is 16.7. The van der Waals surface area contributed by atoms with Crippen molar-refractivity contribution >= 4 is 23.9 Å². The minimum Gasteiger partial charge on any atom is -0.479 e. The number of aliphatic hydroxyl groups is 2. The molecule has 0 spiro atoms. The van der Waals surface area contributed by atoms with Crippen LogP contribution in [-0.4, -0.2) is 89.2 Å². The van der Waals surface area contributed by atoms with Crippen LogP contribution < -0.4 is 0 Å². The first kappa shape index (κ1) is 65.2. The number of rotatable bonds is 46. The lowest BCUT2D eigenvalue weighted by atomic mass is 9.98. The Hall–Kier alpha value is -3.84. The SMILES string of the molecule is CC/C=C\C/C=C\C/C=C\CCCCCC(=O)OCC(COC1OC(C(=O)O)C(O)C(O)C1OC(=O)CCCCCCCCCCCCCCCCC)OC(=O)CCCCC/C=C\C/C=C\C/C=C\CC. The molecule has 6 unspecified atom stereocenters. The summed E-state index contributed by atoms with van der Waals surface area (Å²) in [5, 5.41) is 31.4. The van der Waals surface area contributed by atoms with Gasteiger partial charge in [-0.1, -0.05) is 196 Å². The van der Waals surface area contributed by atoms with Gasteiger partial charge in [0.05, 0.1) is 6.61 Å². The Labute approximate surface area is 429 Å². The van der Waals surface area contributed by atoms with Gasteiger partial charge in [-0.2, -0.15) is 0 Å². The van der Waals surface area contributed by atoms with E-state index in [1.807, 2.05) is 0 Å². The summed E-state index contributed by atoms with van der Waals surface area (Å²) in [4.78, 5) is 50.9. The number of hydrogen-bond donors (Lipinski definition) is 3. The fourth-order valence-electron chi connectivity index (χ4n) is 8.04. The number of carbonyl (C=O) groups excluding carboxylic acids is 3. The molecule has 1 aliphatic rings. The minimum absolute atomic E-state index is 0.0550. The smallest absolute Gasteiger partial charge is 0.335 e. The molecule has 0 saturated carbocycles. The summed E-state index contributed by atoms with van der Waals surface area (Å²) in [6.45, 7) is 5.70. The first-order valence-electron chi connectivity index (χ1n) is 27.9. The largest absolute Gasteiger partial charge is 0.479 e. The number of carboxylic acid groups (broad SMARTS) is 1. The van der Waals surface area contributed by atoms with E-state index in [0.29, 0.717) is 19.3 Å². The maximum absolute atomic E-state index is 13.1. The number of carbonyl (C=O) groups is 4. The Morgan fingerprint density at radius 2 is 0.887 bits per heavy atom. The number of carboxylic acids is 1. The molecule has 0 amide bonds. The van der Waals surface area contributed by atoms with E-state index in [-0.39, 0.29) is 25.9 Å². The third-order valence-corrected chi connectivity index (χ3v) is 12.3. The highest BCUT2D eigenvalue weighted by Gasteiger charge is 2.50. The maximum Gasteiger partial charge on any atom is 0.335 e. The molecule has 0 aromatic heterocycles. The molecule has 1 rings (SSSR count). The van der Waals surface area contributed by atoms with Crippen LogP contribution in [0.5, 0.6) is 0 Å². The van der Waals surface area contributed by atoms with E-state index in [9.17, 15) is 34.5 Å². The fourth-order valence-corrected chi connectivity index (χ4v) is 8.04. The molecule has 0 bridgehead atoms. The lowest BCUT2D eigenvalue weighted by Gasteiger charge is -2.40. The molecule has 6 atom stereocenters. The zero-order valence-electron chi connectivity index (χ0n) is 44.4. The summed E-state index contributed by atoms with van der Waals surface area (Å²) in [5.74, 6) is -3.20. The first-order valence-corrected chi connectivity index (χ1v) is 27.9. The van der Waals surface area contributed by atoms with Crippen LogP contribution in [0.4, 0.5) is 0 Å². The van der Waals surface area contributed by atoms with Crippen LogP contribution in [0.25, 0.3) is 0 Å². The van der Waals surface area contributed by atoms with Crippen LogP contribution in [0.3, 0.4) is 0 Å². The number of ether oxygens (including phenoxy) is 5. The summed E-state index contributed by atoms with van der Waals surface area (Å²) >= 11 is 0. The summed E-state index contributed by atoms with van der Waals surface area (Å²) in [5.41, 5.74) is 0. The number of allylic oxidation sites excluding steroid dienone is 12. The van der Waals surface area contributed by atoms with Crippen molar-refractivity contribution in [2.45, 2.75) is 263 Å². The number of hydrogen-bond acceptors (Lipinski definition) is 11. The second-order valence-corrected chi connectivity index (χ2v) is 18.8. The summed E-state index contributed by atoms with van der Waals surface area (Å²) < 4.78 is 28.3. The number of aliphatic hydroxyl groups excluding tert-OH is 2. The zero-order valence-corrected chi connectivity index (χ0v) is 44.4. The van der Waals surface area contributed by atoms with Crippen LogP contribution in [-0.2, 0) is 42.9 Å². The predicted octanol–water partition coefficient (Wildman–Crippen LogP) is 13.8. The lowest BCUT2D eigenvalue weighted by Crippen LogP contribution is -2.61. The predicted molar refractivity (Wildman–Crippen MR) is 285 cm³/mol. The molecule has 12 heteroatoms. The molecule has 71 heavy (non-hydrogen) atoms. The monoisotopic (exact) mass is 999 g/mol. The molecule has 0 aliphatic carbocycles. The molecule has 1 saturated heterocycles. The topological polar surface area (TPSA) is 175 Å². The Morgan fingerprint density at radius 3 is 1.35 bits per heavy atom. The standard InChI is InChI=1S/C59H98O12/c1-4-7-10-13-16-19-22-25-26-29-32-35-38-41-44-47-53(62)70-57-55(64)54(63)56(58(65)66)71-59(57)68-49-50(69-52(61)46-43-40-37-34-31-28-24-21-18-15-12-9-6-3)48-67-51(60)45-42-39-36-33-30-27-23-20-17-14-11-8-5-2/h8-9,11-12,17-18,20-21,27-28,30-31,50,54-57,59,63-64H,4-7,10,13-16,19,22-26,29,32-49H2,1-3H3,(H,65,66)/b11-8-,12-9-,20-17-,21-18-,30-27-,31-28-. The van der Waals surface area contributed by atoms with Gasteiger partial charge in [-0.15, -0.1) is 0 Å². The Kier molecular flexibility index (Phi) is 43.3. The van der Waals surface area contributed by atoms with Crippen molar-refractivity contribution in [2.24, 2.45) is 0 Å². The van der Waals surface area contributed by atoms with Gasteiger partial charge in [0.1, 0.15) is 18.8 Å². The number of aliphatic carboxylic acids is 1. The quantitative estimate of drug-likeness (QED) is 0.0228. The molecule has 1 heterocycles. The highest BCUT2D eigenvalue weighted by Crippen LogP contribution is 2.26. The van der Waals surface area contributed by atoms with Gasteiger partial charge in [0, 0.05) is 19.3 Å². The van der Waals surface area contributed by atoms with Gasteiger partial charge >= 0.3 is 23.9 Å². The second kappa shape index (κ2) is 47.2. The molecule has 0 radical (unpaired) electrons. The van der Waals surface area contributed by atoms with Crippen molar-refractivity contribution in [3.8, 4) is 0 Å². The van der Waals surface area contributed by atoms with Crippen molar-refractivity contribution in [3.63, 3.8) is 0 Å². The molecule has 3 N–H and O–H groups in total. The van der Waals surface area contributed by atoms with Gasteiger partial charge < -0.3 is 39.0 Å². The van der Waals surface area contributed by atoms with Crippen LogP contribution in [0.1, 0.15) is 226 Å². The normalized spacial score (nSPS) is 19.0. The molecule has 0 aromatic rings.